The van der Waals surface area contributed by atoms with Gasteiger partial charge in [0.2, 0.25) is 0 Å². The molecule has 7 nitrogen and oxygen atoms in total. The summed E-state index contributed by atoms with van der Waals surface area (Å²) in [4.78, 5) is 25.7. The maximum atomic E-state index is 13.6. The van der Waals surface area contributed by atoms with E-state index in [2.05, 4.69) is 5.16 Å². The lowest BCUT2D eigenvalue weighted by molar-refractivity contribution is -0.142. The number of pyridine rings is 1. The average molecular weight is 495 g/mol. The summed E-state index contributed by atoms with van der Waals surface area (Å²) >= 11 is 6.01. The number of halogens is 1. The fourth-order valence-corrected chi connectivity index (χ4v) is 4.44. The Balaban J connectivity index is 1.98. The van der Waals surface area contributed by atoms with Gasteiger partial charge in [0.25, 0.3) is 5.56 Å². The Morgan fingerprint density at radius 1 is 1.17 bits per heavy atom. The zero-order valence-corrected chi connectivity index (χ0v) is 21.1. The molecule has 2 heterocycles. The molecule has 182 valence electrons. The zero-order chi connectivity index (χ0) is 25.5. The van der Waals surface area contributed by atoms with E-state index in [1.54, 1.807) is 43.7 Å². The van der Waals surface area contributed by atoms with Crippen LogP contribution >= 0.6 is 11.6 Å². The fourth-order valence-electron chi connectivity index (χ4n) is 4.32. The summed E-state index contributed by atoms with van der Waals surface area (Å²) in [6.07, 6.45) is 0.567. The number of aliphatic carboxylic acids is 1. The number of hydrogen-bond acceptors (Lipinski definition) is 5. The molecule has 0 unspecified atom stereocenters. The van der Waals surface area contributed by atoms with Crippen LogP contribution in [-0.2, 0) is 23.2 Å². The molecule has 4 rings (SSSR count). The molecule has 35 heavy (non-hydrogen) atoms. The summed E-state index contributed by atoms with van der Waals surface area (Å²) in [5, 5.41) is 15.3. The van der Waals surface area contributed by atoms with E-state index in [4.69, 9.17) is 20.9 Å². The number of rotatable bonds is 7. The number of benzene rings is 2. The molecule has 0 bridgehead atoms. The van der Waals surface area contributed by atoms with Crippen LogP contribution in [0.4, 0.5) is 0 Å². The molecule has 0 fully saturated rings. The van der Waals surface area contributed by atoms with Gasteiger partial charge in [-0.1, -0.05) is 28.9 Å². The predicted octanol–water partition coefficient (Wildman–Crippen LogP) is 5.54. The number of aromatic nitrogens is 2. The smallest absolute Gasteiger partial charge is 0.313 e. The van der Waals surface area contributed by atoms with E-state index < -0.39 is 11.4 Å². The Morgan fingerprint density at radius 2 is 1.86 bits per heavy atom. The molecule has 0 aliphatic carbocycles. The van der Waals surface area contributed by atoms with Crippen molar-refractivity contribution in [3.63, 3.8) is 0 Å². The van der Waals surface area contributed by atoms with E-state index in [9.17, 15) is 14.7 Å². The van der Waals surface area contributed by atoms with Crippen LogP contribution in [0.25, 0.3) is 22.0 Å². The lowest BCUT2D eigenvalue weighted by Crippen LogP contribution is -2.38. The Hall–Kier alpha value is -3.58. The van der Waals surface area contributed by atoms with Crippen LogP contribution in [0, 0.1) is 13.8 Å². The first-order valence-electron chi connectivity index (χ1n) is 11.2. The number of carbonyl (C=O) groups is 1. The summed E-state index contributed by atoms with van der Waals surface area (Å²) < 4.78 is 12.7. The van der Waals surface area contributed by atoms with E-state index in [0.29, 0.717) is 40.7 Å². The topological polar surface area (TPSA) is 94.6 Å². The Morgan fingerprint density at radius 3 is 2.43 bits per heavy atom. The lowest BCUT2D eigenvalue weighted by atomic mass is 9.84. The van der Waals surface area contributed by atoms with Gasteiger partial charge in [-0.2, -0.15) is 0 Å². The first kappa shape index (κ1) is 24.5. The molecule has 0 radical (unpaired) electrons. The second kappa shape index (κ2) is 9.23. The highest BCUT2D eigenvalue weighted by atomic mass is 35.5. The normalized spacial score (nSPS) is 11.7. The third-order valence-electron chi connectivity index (χ3n) is 6.46. The molecule has 0 aliphatic heterocycles. The van der Waals surface area contributed by atoms with E-state index >= 15 is 0 Å². The summed E-state index contributed by atoms with van der Waals surface area (Å²) in [6, 6.07) is 12.8. The molecule has 4 aromatic rings. The van der Waals surface area contributed by atoms with Crippen molar-refractivity contribution in [3.05, 3.63) is 80.4 Å². The maximum absolute atomic E-state index is 13.6. The van der Waals surface area contributed by atoms with Crippen LogP contribution in [0.2, 0.25) is 5.02 Å². The van der Waals surface area contributed by atoms with Gasteiger partial charge in [-0.25, -0.2) is 0 Å². The lowest BCUT2D eigenvalue weighted by Gasteiger charge is -2.22. The van der Waals surface area contributed by atoms with E-state index in [-0.39, 0.29) is 11.1 Å². The van der Waals surface area contributed by atoms with Crippen LogP contribution in [0.1, 0.15) is 36.4 Å². The number of hydrogen-bond donors (Lipinski definition) is 1. The van der Waals surface area contributed by atoms with Crippen molar-refractivity contribution < 1.29 is 19.2 Å². The van der Waals surface area contributed by atoms with E-state index in [1.807, 2.05) is 38.1 Å². The Bertz CT molecular complexity index is 1460. The standard InChI is InChI=1S/C27H27ClN2O5/c1-15-24(16(2)35-29-15)20-12-18-13-21(27(3,4)26(32)33)25(31)30(22(18)14-23(20)34-5)11-10-17-6-8-19(28)9-7-17/h6-9,12-14H,10-11H2,1-5H3,(H,32,33). The molecule has 2 aromatic carbocycles. The van der Waals surface area contributed by atoms with Gasteiger partial charge in [-0.05, 0) is 69.3 Å². The Kier molecular flexibility index (Phi) is 6.47. The quantitative estimate of drug-likeness (QED) is 0.362. The van der Waals surface area contributed by atoms with Gasteiger partial charge >= 0.3 is 5.97 Å². The van der Waals surface area contributed by atoms with Gasteiger partial charge in [0.15, 0.2) is 0 Å². The van der Waals surface area contributed by atoms with Crippen LogP contribution in [0.3, 0.4) is 0 Å². The van der Waals surface area contributed by atoms with Gasteiger partial charge in [-0.15, -0.1) is 0 Å². The molecule has 0 saturated carbocycles. The van der Waals surface area contributed by atoms with Crippen LogP contribution in [0.15, 0.2) is 51.8 Å². The number of nitrogens with zero attached hydrogens (tertiary/aromatic N) is 2. The van der Waals surface area contributed by atoms with Gasteiger partial charge < -0.3 is 18.9 Å². The second-order valence-electron chi connectivity index (χ2n) is 9.13. The minimum Gasteiger partial charge on any atom is -0.496 e. The molecular weight excluding hydrogens is 468 g/mol. The van der Waals surface area contributed by atoms with Crippen molar-refractivity contribution in [2.45, 2.75) is 46.1 Å². The molecular formula is C27H27ClN2O5. The molecule has 0 aliphatic rings. The summed E-state index contributed by atoms with van der Waals surface area (Å²) in [5.74, 6) is 0.136. The molecule has 8 heteroatoms. The first-order chi connectivity index (χ1) is 16.5. The van der Waals surface area contributed by atoms with Gasteiger partial charge in [0, 0.05) is 28.8 Å². The largest absolute Gasteiger partial charge is 0.496 e. The number of aryl methyl sites for hydroxylation is 4. The van der Waals surface area contributed by atoms with E-state index in [0.717, 1.165) is 22.1 Å². The van der Waals surface area contributed by atoms with Crippen molar-refractivity contribution in [1.29, 1.82) is 0 Å². The van der Waals surface area contributed by atoms with Crippen molar-refractivity contribution in [2.75, 3.05) is 7.11 Å². The van der Waals surface area contributed by atoms with Crippen LogP contribution in [0.5, 0.6) is 5.75 Å². The monoisotopic (exact) mass is 494 g/mol. The summed E-state index contributed by atoms with van der Waals surface area (Å²) in [5.41, 5.74) is 2.44. The highest BCUT2D eigenvalue weighted by molar-refractivity contribution is 6.30. The number of carboxylic acid groups (broad SMARTS) is 1. The van der Waals surface area contributed by atoms with Gasteiger partial charge in [0.1, 0.15) is 11.5 Å². The zero-order valence-electron chi connectivity index (χ0n) is 20.3. The predicted molar refractivity (Wildman–Crippen MR) is 136 cm³/mol. The molecule has 0 amide bonds. The molecule has 0 spiro atoms. The fraction of sp³-hybridized carbons (Fsp3) is 0.296. The van der Waals surface area contributed by atoms with Gasteiger partial charge in [0.05, 0.1) is 29.3 Å². The van der Waals surface area contributed by atoms with Crippen LogP contribution in [-0.4, -0.2) is 27.9 Å². The molecule has 1 N–H and O–H groups in total. The Labute approximate surface area is 207 Å². The third kappa shape index (κ3) is 4.44. The SMILES string of the molecule is COc1cc2c(cc1-c1c(C)noc1C)cc(C(C)(C)C(=O)O)c(=O)n2CCc1ccc(Cl)cc1. The number of fused-ring (bicyclic) bond motifs is 1. The highest BCUT2D eigenvalue weighted by Crippen LogP contribution is 2.38. The second-order valence-corrected chi connectivity index (χ2v) is 9.57. The third-order valence-corrected chi connectivity index (χ3v) is 6.72. The molecule has 0 saturated heterocycles. The number of ether oxygens (including phenoxy) is 1. The number of carboxylic acids is 1. The minimum absolute atomic E-state index is 0.212. The molecule has 2 aromatic heterocycles. The highest BCUT2D eigenvalue weighted by Gasteiger charge is 2.33. The van der Waals surface area contributed by atoms with Crippen LogP contribution < -0.4 is 10.3 Å². The van der Waals surface area contributed by atoms with Crippen molar-refractivity contribution in [3.8, 4) is 16.9 Å². The average Bonchev–Trinajstić information content (AvgIpc) is 3.15. The number of methoxy groups -OCH3 is 1. The first-order valence-corrected chi connectivity index (χ1v) is 11.6. The van der Waals surface area contributed by atoms with Crippen molar-refractivity contribution in [2.24, 2.45) is 0 Å². The summed E-state index contributed by atoms with van der Waals surface area (Å²) in [6.45, 7) is 7.11. The molecule has 0 atom stereocenters. The summed E-state index contributed by atoms with van der Waals surface area (Å²) in [7, 11) is 1.57. The van der Waals surface area contributed by atoms with Crippen molar-refractivity contribution >= 4 is 28.5 Å². The minimum atomic E-state index is -1.38. The van der Waals surface area contributed by atoms with E-state index in [1.165, 1.54) is 0 Å². The maximum Gasteiger partial charge on any atom is 0.313 e. The van der Waals surface area contributed by atoms with Gasteiger partial charge in [-0.3, -0.25) is 9.59 Å². The van der Waals surface area contributed by atoms with Crippen molar-refractivity contribution in [1.82, 2.24) is 9.72 Å².